The van der Waals surface area contributed by atoms with E-state index in [0.29, 0.717) is 17.8 Å². The first kappa shape index (κ1) is 18.3. The molecule has 0 fully saturated rings. The predicted molar refractivity (Wildman–Crippen MR) is 107 cm³/mol. The van der Waals surface area contributed by atoms with Gasteiger partial charge in [-0.2, -0.15) is 0 Å². The van der Waals surface area contributed by atoms with Gasteiger partial charge in [0.2, 0.25) is 5.91 Å². The standard InChI is InChI=1S/C20H23N3O2S/c1-13-19(24)21-17-11-15(7-10-18(17)26-13)20(25)23(4)12-14-5-8-16(9-6-14)22(2)3/h5-11,13H,12H2,1-4H3,(H,21,24). The molecule has 0 saturated heterocycles. The number of nitrogens with one attached hydrogen (secondary N) is 1. The average molecular weight is 369 g/mol. The van der Waals surface area contributed by atoms with Crippen LogP contribution in [0.25, 0.3) is 0 Å². The lowest BCUT2D eigenvalue weighted by molar-refractivity contribution is -0.115. The molecule has 1 aliphatic heterocycles. The molecule has 1 unspecified atom stereocenters. The Balaban J connectivity index is 1.72. The molecule has 1 atom stereocenters. The fraction of sp³-hybridized carbons (Fsp3) is 0.300. The second-order valence-corrected chi connectivity index (χ2v) is 8.06. The van der Waals surface area contributed by atoms with Gasteiger partial charge in [0.05, 0.1) is 10.9 Å². The van der Waals surface area contributed by atoms with Crippen molar-refractivity contribution in [2.75, 3.05) is 31.4 Å². The third kappa shape index (κ3) is 3.85. The maximum absolute atomic E-state index is 12.8. The van der Waals surface area contributed by atoms with Gasteiger partial charge < -0.3 is 15.1 Å². The number of hydrogen-bond donors (Lipinski definition) is 1. The zero-order chi connectivity index (χ0) is 18.8. The van der Waals surface area contributed by atoms with Crippen LogP contribution in [0.1, 0.15) is 22.8 Å². The van der Waals surface area contributed by atoms with E-state index in [1.165, 1.54) is 11.8 Å². The molecule has 5 nitrogen and oxygen atoms in total. The van der Waals surface area contributed by atoms with E-state index >= 15 is 0 Å². The van der Waals surface area contributed by atoms with Gasteiger partial charge in [-0.15, -0.1) is 11.8 Å². The van der Waals surface area contributed by atoms with Crippen molar-refractivity contribution >= 4 is 35.0 Å². The van der Waals surface area contributed by atoms with E-state index in [4.69, 9.17) is 0 Å². The highest BCUT2D eigenvalue weighted by molar-refractivity contribution is 8.00. The van der Waals surface area contributed by atoms with E-state index in [2.05, 4.69) is 5.32 Å². The minimum absolute atomic E-state index is 0.0264. The number of hydrogen-bond acceptors (Lipinski definition) is 4. The third-order valence-electron chi connectivity index (χ3n) is 4.38. The Kier molecular flexibility index (Phi) is 5.23. The fourth-order valence-corrected chi connectivity index (χ4v) is 3.74. The maximum atomic E-state index is 12.8. The van der Waals surface area contributed by atoms with Gasteiger partial charge in [0.25, 0.3) is 5.91 Å². The molecular formula is C20H23N3O2S. The van der Waals surface area contributed by atoms with Gasteiger partial charge in [0.1, 0.15) is 0 Å². The molecule has 0 aromatic heterocycles. The number of benzene rings is 2. The van der Waals surface area contributed by atoms with Gasteiger partial charge in [0, 0.05) is 43.8 Å². The smallest absolute Gasteiger partial charge is 0.253 e. The van der Waals surface area contributed by atoms with E-state index in [1.807, 2.05) is 62.3 Å². The second-order valence-electron chi connectivity index (χ2n) is 6.68. The molecule has 136 valence electrons. The summed E-state index contributed by atoms with van der Waals surface area (Å²) in [5, 5.41) is 2.76. The molecule has 1 aliphatic rings. The second kappa shape index (κ2) is 7.41. The lowest BCUT2D eigenvalue weighted by Crippen LogP contribution is -2.28. The summed E-state index contributed by atoms with van der Waals surface area (Å²) in [6.07, 6.45) is 0. The number of rotatable bonds is 4. The van der Waals surface area contributed by atoms with E-state index in [-0.39, 0.29) is 17.1 Å². The van der Waals surface area contributed by atoms with Gasteiger partial charge in [-0.3, -0.25) is 9.59 Å². The molecule has 1 heterocycles. The lowest BCUT2D eigenvalue weighted by atomic mass is 10.1. The van der Waals surface area contributed by atoms with Crippen LogP contribution in [-0.2, 0) is 11.3 Å². The number of thioether (sulfide) groups is 1. The molecule has 2 amide bonds. The van der Waals surface area contributed by atoms with Crippen LogP contribution in [0.2, 0.25) is 0 Å². The van der Waals surface area contributed by atoms with Crippen molar-refractivity contribution in [1.82, 2.24) is 4.90 Å². The number of fused-ring (bicyclic) bond motifs is 1. The van der Waals surface area contributed by atoms with Gasteiger partial charge in [-0.05, 0) is 42.8 Å². The fourth-order valence-electron chi connectivity index (χ4n) is 2.81. The molecule has 1 N–H and O–H groups in total. The van der Waals surface area contributed by atoms with Crippen LogP contribution in [0.5, 0.6) is 0 Å². The van der Waals surface area contributed by atoms with E-state index in [0.717, 1.165) is 16.1 Å². The van der Waals surface area contributed by atoms with Crippen LogP contribution in [0.15, 0.2) is 47.4 Å². The monoisotopic (exact) mass is 369 g/mol. The first-order valence-corrected chi connectivity index (χ1v) is 9.36. The van der Waals surface area contributed by atoms with E-state index in [9.17, 15) is 9.59 Å². The molecule has 3 rings (SSSR count). The van der Waals surface area contributed by atoms with Crippen LogP contribution in [0, 0.1) is 0 Å². The average Bonchev–Trinajstić information content (AvgIpc) is 2.62. The molecule has 6 heteroatoms. The maximum Gasteiger partial charge on any atom is 0.253 e. The van der Waals surface area contributed by atoms with Crippen LogP contribution >= 0.6 is 11.8 Å². The van der Waals surface area contributed by atoms with Crippen molar-refractivity contribution in [3.05, 3.63) is 53.6 Å². The summed E-state index contributed by atoms with van der Waals surface area (Å²) in [7, 11) is 5.79. The van der Waals surface area contributed by atoms with Crippen molar-refractivity contribution in [3.63, 3.8) is 0 Å². The Hall–Kier alpha value is -2.47. The molecule has 2 aromatic rings. The van der Waals surface area contributed by atoms with Gasteiger partial charge in [-0.1, -0.05) is 12.1 Å². The quantitative estimate of drug-likeness (QED) is 0.897. The van der Waals surface area contributed by atoms with E-state index in [1.54, 1.807) is 18.0 Å². The number of carbonyl (C=O) groups excluding carboxylic acids is 2. The van der Waals surface area contributed by atoms with Crippen molar-refractivity contribution in [2.45, 2.75) is 23.6 Å². The minimum Gasteiger partial charge on any atom is -0.378 e. The molecule has 2 aromatic carbocycles. The summed E-state index contributed by atoms with van der Waals surface area (Å²) >= 11 is 1.51. The van der Waals surface area contributed by atoms with Crippen LogP contribution in [0.3, 0.4) is 0 Å². The Bertz CT molecular complexity index is 833. The first-order valence-electron chi connectivity index (χ1n) is 8.48. The highest BCUT2D eigenvalue weighted by atomic mass is 32.2. The van der Waals surface area contributed by atoms with Crippen LogP contribution in [0.4, 0.5) is 11.4 Å². The molecular weight excluding hydrogens is 346 g/mol. The Morgan fingerprint density at radius 1 is 1.12 bits per heavy atom. The summed E-state index contributed by atoms with van der Waals surface area (Å²) in [6, 6.07) is 13.6. The van der Waals surface area contributed by atoms with E-state index < -0.39 is 0 Å². The molecule has 0 spiro atoms. The summed E-state index contributed by atoms with van der Waals surface area (Å²) in [5.41, 5.74) is 3.49. The molecule has 0 bridgehead atoms. The zero-order valence-corrected chi connectivity index (χ0v) is 16.3. The van der Waals surface area contributed by atoms with Gasteiger partial charge in [-0.25, -0.2) is 0 Å². The number of anilines is 2. The van der Waals surface area contributed by atoms with Crippen molar-refractivity contribution in [1.29, 1.82) is 0 Å². The minimum atomic E-state index is -0.114. The first-order chi connectivity index (χ1) is 12.3. The lowest BCUT2D eigenvalue weighted by Gasteiger charge is -2.23. The Labute approximate surface area is 158 Å². The molecule has 0 aliphatic carbocycles. The highest BCUT2D eigenvalue weighted by Gasteiger charge is 2.24. The number of amides is 2. The SMILES string of the molecule is CC1Sc2ccc(C(=O)N(C)Cc3ccc(N(C)C)cc3)cc2NC1=O. The van der Waals surface area contributed by atoms with Crippen molar-refractivity contribution in [3.8, 4) is 0 Å². The highest BCUT2D eigenvalue weighted by Crippen LogP contribution is 2.36. The normalized spacial score (nSPS) is 15.8. The number of nitrogens with zero attached hydrogens (tertiary/aromatic N) is 2. The van der Waals surface area contributed by atoms with Crippen molar-refractivity contribution < 1.29 is 9.59 Å². The Morgan fingerprint density at radius 3 is 2.46 bits per heavy atom. The summed E-state index contributed by atoms with van der Waals surface area (Å²) in [5.74, 6) is -0.0937. The summed E-state index contributed by atoms with van der Waals surface area (Å²) in [4.78, 5) is 29.3. The van der Waals surface area contributed by atoms with Crippen molar-refractivity contribution in [2.24, 2.45) is 0 Å². The molecule has 0 saturated carbocycles. The Morgan fingerprint density at radius 2 is 1.81 bits per heavy atom. The topological polar surface area (TPSA) is 52.7 Å². The molecule has 0 radical (unpaired) electrons. The summed E-state index contributed by atoms with van der Waals surface area (Å²) < 4.78 is 0. The zero-order valence-electron chi connectivity index (χ0n) is 15.4. The van der Waals surface area contributed by atoms with Crippen LogP contribution in [-0.4, -0.2) is 43.1 Å². The summed E-state index contributed by atoms with van der Waals surface area (Å²) in [6.45, 7) is 2.40. The molecule has 26 heavy (non-hydrogen) atoms. The predicted octanol–water partition coefficient (Wildman–Crippen LogP) is 3.46. The van der Waals surface area contributed by atoms with Gasteiger partial charge >= 0.3 is 0 Å². The van der Waals surface area contributed by atoms with Crippen LogP contribution < -0.4 is 10.2 Å². The van der Waals surface area contributed by atoms with Gasteiger partial charge in [0.15, 0.2) is 0 Å². The third-order valence-corrected chi connectivity index (χ3v) is 5.55. The largest absolute Gasteiger partial charge is 0.378 e. The number of carbonyl (C=O) groups is 2.